The number of benzene rings is 1. The van der Waals surface area contributed by atoms with E-state index in [0.717, 1.165) is 36.0 Å². The van der Waals surface area contributed by atoms with Gasteiger partial charge in [-0.1, -0.05) is 6.07 Å². The molecule has 1 aliphatic rings. The smallest absolute Gasteiger partial charge is 0.328 e. The average Bonchev–Trinajstić information content (AvgIpc) is 2.98. The molecule has 2 atom stereocenters. The van der Waals surface area contributed by atoms with Crippen LogP contribution in [0.5, 0.6) is 0 Å². The maximum Gasteiger partial charge on any atom is 0.328 e. The van der Waals surface area contributed by atoms with E-state index < -0.39 is 0 Å². The highest BCUT2D eigenvalue weighted by Crippen LogP contribution is 2.36. The van der Waals surface area contributed by atoms with Crippen LogP contribution in [0.1, 0.15) is 31.4 Å². The SMILES string of the molecule is Cn1c(=O)n(C)c2cc(C(N)C3(C)CCCO3)ccc21. The second-order valence-electron chi connectivity index (χ2n) is 5.89. The number of aryl methyl sites for hydroxylation is 2. The van der Waals surface area contributed by atoms with E-state index in [9.17, 15) is 4.79 Å². The summed E-state index contributed by atoms with van der Waals surface area (Å²) in [6.07, 6.45) is 2.02. The Morgan fingerprint density at radius 3 is 2.65 bits per heavy atom. The molecule has 1 saturated heterocycles. The highest BCUT2D eigenvalue weighted by molar-refractivity contribution is 5.77. The Bertz CT molecular complexity index is 708. The van der Waals surface area contributed by atoms with Crippen molar-refractivity contribution < 1.29 is 4.74 Å². The third kappa shape index (κ3) is 1.81. The summed E-state index contributed by atoms with van der Waals surface area (Å²) in [5.74, 6) is 0. The Labute approximate surface area is 117 Å². The predicted molar refractivity (Wildman–Crippen MR) is 78.7 cm³/mol. The van der Waals surface area contributed by atoms with Gasteiger partial charge < -0.3 is 10.5 Å². The zero-order chi connectivity index (χ0) is 14.5. The Hall–Kier alpha value is -1.59. The van der Waals surface area contributed by atoms with Crippen LogP contribution in [0.3, 0.4) is 0 Å². The van der Waals surface area contributed by atoms with Crippen LogP contribution in [0, 0.1) is 0 Å². The maximum absolute atomic E-state index is 12.0. The fourth-order valence-electron chi connectivity index (χ4n) is 3.12. The summed E-state index contributed by atoms with van der Waals surface area (Å²) in [5.41, 5.74) is 8.93. The second-order valence-corrected chi connectivity index (χ2v) is 5.89. The molecule has 1 aliphatic heterocycles. The maximum atomic E-state index is 12.0. The van der Waals surface area contributed by atoms with Gasteiger partial charge in [-0.25, -0.2) is 4.79 Å². The second kappa shape index (κ2) is 4.46. The first-order chi connectivity index (χ1) is 9.44. The average molecular weight is 275 g/mol. The highest BCUT2D eigenvalue weighted by Gasteiger charge is 2.37. The number of imidazole rings is 1. The van der Waals surface area contributed by atoms with Gasteiger partial charge in [-0.05, 0) is 37.5 Å². The van der Waals surface area contributed by atoms with Gasteiger partial charge >= 0.3 is 5.69 Å². The summed E-state index contributed by atoms with van der Waals surface area (Å²) >= 11 is 0. The molecule has 0 bridgehead atoms. The standard InChI is InChI=1S/C15H21N3O2/c1-15(7-4-8-20-15)13(16)10-5-6-11-12(9-10)18(3)14(19)17(11)2/h5-6,9,13H,4,7-8,16H2,1-3H3. The van der Waals surface area contributed by atoms with Gasteiger partial charge in [0.15, 0.2) is 0 Å². The molecule has 2 unspecified atom stereocenters. The van der Waals surface area contributed by atoms with Crippen LogP contribution in [0.4, 0.5) is 0 Å². The minimum absolute atomic E-state index is 0.0194. The van der Waals surface area contributed by atoms with Crippen LogP contribution in [0.2, 0.25) is 0 Å². The minimum Gasteiger partial charge on any atom is -0.373 e. The van der Waals surface area contributed by atoms with Crippen molar-refractivity contribution in [2.75, 3.05) is 6.61 Å². The normalized spacial score (nSPS) is 24.4. The third-order valence-electron chi connectivity index (χ3n) is 4.56. The Morgan fingerprint density at radius 2 is 2.00 bits per heavy atom. The van der Waals surface area contributed by atoms with Crippen molar-refractivity contribution in [3.8, 4) is 0 Å². The van der Waals surface area contributed by atoms with Gasteiger partial charge in [0.05, 0.1) is 22.7 Å². The van der Waals surface area contributed by atoms with Crippen LogP contribution >= 0.6 is 0 Å². The molecule has 0 amide bonds. The molecule has 0 saturated carbocycles. The van der Waals surface area contributed by atoms with E-state index in [-0.39, 0.29) is 17.3 Å². The number of hydrogen-bond acceptors (Lipinski definition) is 3. The molecule has 3 rings (SSSR count). The van der Waals surface area contributed by atoms with Crippen molar-refractivity contribution in [1.29, 1.82) is 0 Å². The van der Waals surface area contributed by atoms with Gasteiger partial charge in [-0.2, -0.15) is 0 Å². The van der Waals surface area contributed by atoms with E-state index in [2.05, 4.69) is 6.92 Å². The largest absolute Gasteiger partial charge is 0.373 e. The Morgan fingerprint density at radius 1 is 1.30 bits per heavy atom. The summed E-state index contributed by atoms with van der Waals surface area (Å²) in [5, 5.41) is 0. The van der Waals surface area contributed by atoms with Crippen LogP contribution < -0.4 is 11.4 Å². The third-order valence-corrected chi connectivity index (χ3v) is 4.56. The number of ether oxygens (including phenoxy) is 1. The van der Waals surface area contributed by atoms with Crippen molar-refractivity contribution >= 4 is 11.0 Å². The molecule has 2 aromatic rings. The monoisotopic (exact) mass is 275 g/mol. The predicted octanol–water partition coefficient (Wildman–Crippen LogP) is 1.45. The van der Waals surface area contributed by atoms with Gasteiger partial charge in [0.1, 0.15) is 0 Å². The number of aromatic nitrogens is 2. The van der Waals surface area contributed by atoms with Gasteiger partial charge in [0.25, 0.3) is 0 Å². The van der Waals surface area contributed by atoms with Crippen molar-refractivity contribution in [2.45, 2.75) is 31.4 Å². The Kier molecular flexibility index (Phi) is 2.99. The first-order valence-electron chi connectivity index (χ1n) is 6.99. The lowest BCUT2D eigenvalue weighted by Crippen LogP contribution is -2.37. The van der Waals surface area contributed by atoms with E-state index in [1.54, 1.807) is 23.2 Å². The van der Waals surface area contributed by atoms with Crippen molar-refractivity contribution in [3.63, 3.8) is 0 Å². The summed E-state index contributed by atoms with van der Waals surface area (Å²) in [6, 6.07) is 5.79. The van der Waals surface area contributed by atoms with E-state index in [0.29, 0.717) is 0 Å². The molecule has 1 aromatic heterocycles. The molecule has 5 heteroatoms. The molecular formula is C15H21N3O2. The molecule has 2 N–H and O–H groups in total. The molecule has 2 heterocycles. The van der Waals surface area contributed by atoms with Crippen molar-refractivity contribution in [1.82, 2.24) is 9.13 Å². The lowest BCUT2D eigenvalue weighted by Gasteiger charge is -2.30. The van der Waals surface area contributed by atoms with Gasteiger partial charge in [-0.15, -0.1) is 0 Å². The fraction of sp³-hybridized carbons (Fsp3) is 0.533. The topological polar surface area (TPSA) is 62.2 Å². The molecule has 5 nitrogen and oxygen atoms in total. The van der Waals surface area contributed by atoms with Gasteiger partial charge in [0.2, 0.25) is 0 Å². The van der Waals surface area contributed by atoms with E-state index in [4.69, 9.17) is 10.5 Å². The molecule has 108 valence electrons. The summed E-state index contributed by atoms with van der Waals surface area (Å²) in [4.78, 5) is 12.0. The summed E-state index contributed by atoms with van der Waals surface area (Å²) < 4.78 is 9.14. The van der Waals surface area contributed by atoms with Gasteiger partial charge in [-0.3, -0.25) is 9.13 Å². The molecule has 0 radical (unpaired) electrons. The highest BCUT2D eigenvalue weighted by atomic mass is 16.5. The van der Waals surface area contributed by atoms with Crippen LogP contribution in [-0.2, 0) is 18.8 Å². The summed E-state index contributed by atoms with van der Waals surface area (Å²) in [7, 11) is 3.57. The van der Waals surface area contributed by atoms with Crippen molar-refractivity contribution in [2.24, 2.45) is 19.8 Å². The number of hydrogen-bond donors (Lipinski definition) is 1. The molecular weight excluding hydrogens is 254 g/mol. The molecule has 0 spiro atoms. The zero-order valence-corrected chi connectivity index (χ0v) is 12.2. The molecule has 1 fully saturated rings. The zero-order valence-electron chi connectivity index (χ0n) is 12.2. The first kappa shape index (κ1) is 13.4. The van der Waals surface area contributed by atoms with Crippen molar-refractivity contribution in [3.05, 3.63) is 34.2 Å². The lowest BCUT2D eigenvalue weighted by atomic mass is 9.88. The number of rotatable bonds is 2. The van der Waals surface area contributed by atoms with E-state index >= 15 is 0 Å². The number of nitrogens with zero attached hydrogens (tertiary/aromatic N) is 2. The molecule has 1 aromatic carbocycles. The number of nitrogens with two attached hydrogens (primary N) is 1. The fourth-order valence-corrected chi connectivity index (χ4v) is 3.12. The van der Waals surface area contributed by atoms with Crippen LogP contribution in [-0.4, -0.2) is 21.3 Å². The minimum atomic E-state index is -0.304. The molecule has 20 heavy (non-hydrogen) atoms. The van der Waals surface area contributed by atoms with E-state index in [1.807, 2.05) is 18.2 Å². The number of fused-ring (bicyclic) bond motifs is 1. The Balaban J connectivity index is 2.09. The first-order valence-corrected chi connectivity index (χ1v) is 6.99. The quantitative estimate of drug-likeness (QED) is 0.902. The lowest BCUT2D eigenvalue weighted by molar-refractivity contribution is -0.00170. The van der Waals surface area contributed by atoms with Gasteiger partial charge in [0, 0.05) is 20.7 Å². The van der Waals surface area contributed by atoms with E-state index in [1.165, 1.54) is 0 Å². The van der Waals surface area contributed by atoms with Crippen LogP contribution in [0.15, 0.2) is 23.0 Å². The summed E-state index contributed by atoms with van der Waals surface area (Å²) in [6.45, 7) is 2.84. The molecule has 0 aliphatic carbocycles. The van der Waals surface area contributed by atoms with Crippen LogP contribution in [0.25, 0.3) is 11.0 Å².